The molecule has 0 atom stereocenters. The van der Waals surface area contributed by atoms with Gasteiger partial charge in [0, 0.05) is 23.5 Å². The first-order valence-corrected chi connectivity index (χ1v) is 7.97. The van der Waals surface area contributed by atoms with Crippen LogP contribution in [0.5, 0.6) is 0 Å². The van der Waals surface area contributed by atoms with Crippen LogP contribution in [-0.4, -0.2) is 23.0 Å². The Bertz CT molecular complexity index is 546. The number of aromatic nitrogens is 1. The molecule has 1 heterocycles. The Labute approximate surface area is 123 Å². The summed E-state index contributed by atoms with van der Waals surface area (Å²) in [6.07, 6.45) is 2.71. The molecule has 0 radical (unpaired) electrons. The molecule has 3 rings (SSSR count). The van der Waals surface area contributed by atoms with Crippen LogP contribution in [0.25, 0.3) is 10.6 Å². The Kier molecular flexibility index (Phi) is 3.87. The van der Waals surface area contributed by atoms with Crippen LogP contribution in [0.2, 0.25) is 0 Å². The molecule has 0 amide bonds. The van der Waals surface area contributed by atoms with Gasteiger partial charge in [-0.25, -0.2) is 4.98 Å². The third-order valence-corrected chi connectivity index (χ3v) is 4.71. The highest BCUT2D eigenvalue weighted by Gasteiger charge is 2.25. The zero-order chi connectivity index (χ0) is 13.2. The van der Waals surface area contributed by atoms with Gasteiger partial charge < -0.3 is 0 Å². The molecule has 0 bridgehead atoms. The zero-order valence-corrected chi connectivity index (χ0v) is 12.5. The van der Waals surface area contributed by atoms with Gasteiger partial charge in [0.05, 0.1) is 11.6 Å². The fraction of sp³-hybridized carbons (Fsp3) is 0.400. The average molecular weight is 293 g/mol. The Hall–Kier alpha value is -0.900. The summed E-state index contributed by atoms with van der Waals surface area (Å²) >= 11 is 7.44. The van der Waals surface area contributed by atoms with E-state index in [1.807, 2.05) is 5.38 Å². The molecule has 100 valence electrons. The van der Waals surface area contributed by atoms with Gasteiger partial charge >= 0.3 is 0 Å². The molecule has 1 saturated carbocycles. The molecule has 1 aliphatic carbocycles. The normalized spacial score (nSPS) is 15.1. The van der Waals surface area contributed by atoms with Gasteiger partial charge in [0.2, 0.25) is 0 Å². The van der Waals surface area contributed by atoms with Gasteiger partial charge in [0.25, 0.3) is 0 Å². The summed E-state index contributed by atoms with van der Waals surface area (Å²) in [5, 5.41) is 3.08. The minimum atomic E-state index is 0.487. The molecule has 1 aromatic carbocycles. The van der Waals surface area contributed by atoms with Gasteiger partial charge in [-0.3, -0.25) is 4.90 Å². The van der Waals surface area contributed by atoms with Gasteiger partial charge in [0.15, 0.2) is 0 Å². The first kappa shape index (κ1) is 13.1. The third-order valence-electron chi connectivity index (χ3n) is 3.49. The SMILES string of the molecule is CN(Cc1ccc(-c2nc(CCl)cs2)cc1)C1CC1. The summed E-state index contributed by atoms with van der Waals surface area (Å²) in [6, 6.07) is 9.54. The fourth-order valence-electron chi connectivity index (χ4n) is 2.19. The summed E-state index contributed by atoms with van der Waals surface area (Å²) < 4.78 is 0. The topological polar surface area (TPSA) is 16.1 Å². The number of benzene rings is 1. The van der Waals surface area contributed by atoms with E-state index in [4.69, 9.17) is 11.6 Å². The lowest BCUT2D eigenvalue weighted by atomic mass is 10.1. The van der Waals surface area contributed by atoms with Crippen LogP contribution in [0.15, 0.2) is 29.6 Å². The van der Waals surface area contributed by atoms with E-state index < -0.39 is 0 Å². The molecule has 1 aromatic heterocycles. The monoisotopic (exact) mass is 292 g/mol. The van der Waals surface area contributed by atoms with Gasteiger partial charge in [0.1, 0.15) is 5.01 Å². The van der Waals surface area contributed by atoms with Crippen molar-refractivity contribution >= 4 is 22.9 Å². The van der Waals surface area contributed by atoms with Crippen molar-refractivity contribution in [1.29, 1.82) is 0 Å². The number of hydrogen-bond acceptors (Lipinski definition) is 3. The molecular formula is C15H17ClN2S. The van der Waals surface area contributed by atoms with E-state index >= 15 is 0 Å². The number of rotatable bonds is 5. The minimum absolute atomic E-state index is 0.487. The van der Waals surface area contributed by atoms with Crippen molar-refractivity contribution in [3.05, 3.63) is 40.9 Å². The first-order valence-electron chi connectivity index (χ1n) is 6.56. The maximum absolute atomic E-state index is 5.78. The second-order valence-corrected chi connectivity index (χ2v) is 6.25. The molecule has 1 fully saturated rings. The van der Waals surface area contributed by atoms with Gasteiger partial charge in [-0.2, -0.15) is 0 Å². The van der Waals surface area contributed by atoms with Crippen molar-refractivity contribution in [1.82, 2.24) is 9.88 Å². The average Bonchev–Trinajstić information content (AvgIpc) is 3.18. The number of nitrogens with zero attached hydrogens (tertiary/aromatic N) is 2. The largest absolute Gasteiger partial charge is 0.299 e. The van der Waals surface area contributed by atoms with Crippen LogP contribution in [0.3, 0.4) is 0 Å². The number of thiazole rings is 1. The third kappa shape index (κ3) is 3.16. The molecule has 4 heteroatoms. The highest BCUT2D eigenvalue weighted by atomic mass is 35.5. The van der Waals surface area contributed by atoms with Crippen molar-refractivity contribution in [3.63, 3.8) is 0 Å². The Morgan fingerprint density at radius 3 is 2.63 bits per heavy atom. The quantitative estimate of drug-likeness (QED) is 0.770. The van der Waals surface area contributed by atoms with Gasteiger partial charge in [-0.05, 0) is 25.5 Å². The second-order valence-electron chi connectivity index (χ2n) is 5.12. The van der Waals surface area contributed by atoms with Crippen molar-refractivity contribution in [2.24, 2.45) is 0 Å². The van der Waals surface area contributed by atoms with E-state index in [9.17, 15) is 0 Å². The lowest BCUT2D eigenvalue weighted by Gasteiger charge is -2.15. The number of alkyl halides is 1. The number of hydrogen-bond donors (Lipinski definition) is 0. The van der Waals surface area contributed by atoms with Crippen LogP contribution >= 0.6 is 22.9 Å². The van der Waals surface area contributed by atoms with E-state index in [-0.39, 0.29) is 0 Å². The highest BCUT2D eigenvalue weighted by Crippen LogP contribution is 2.28. The van der Waals surface area contributed by atoms with Crippen molar-refractivity contribution in [2.75, 3.05) is 7.05 Å². The molecule has 0 N–H and O–H groups in total. The lowest BCUT2D eigenvalue weighted by Crippen LogP contribution is -2.19. The van der Waals surface area contributed by atoms with E-state index in [0.29, 0.717) is 5.88 Å². The maximum Gasteiger partial charge on any atom is 0.123 e. The van der Waals surface area contributed by atoms with Crippen molar-refractivity contribution in [3.8, 4) is 10.6 Å². The van der Waals surface area contributed by atoms with Crippen LogP contribution < -0.4 is 0 Å². The summed E-state index contributed by atoms with van der Waals surface area (Å²) in [7, 11) is 2.21. The fourth-order valence-corrected chi connectivity index (χ4v) is 3.24. The highest BCUT2D eigenvalue weighted by molar-refractivity contribution is 7.13. The molecule has 2 nitrogen and oxygen atoms in total. The summed E-state index contributed by atoms with van der Waals surface area (Å²) in [5.74, 6) is 0.487. The first-order chi connectivity index (χ1) is 9.26. The predicted molar refractivity (Wildman–Crippen MR) is 81.6 cm³/mol. The molecule has 0 saturated heterocycles. The summed E-state index contributed by atoms with van der Waals surface area (Å²) in [6.45, 7) is 1.04. The summed E-state index contributed by atoms with van der Waals surface area (Å²) in [4.78, 5) is 6.94. The predicted octanol–water partition coefficient (Wildman–Crippen LogP) is 4.14. The minimum Gasteiger partial charge on any atom is -0.299 e. The molecule has 19 heavy (non-hydrogen) atoms. The number of halogens is 1. The zero-order valence-electron chi connectivity index (χ0n) is 11.0. The Morgan fingerprint density at radius 2 is 2.05 bits per heavy atom. The van der Waals surface area contributed by atoms with Crippen LogP contribution in [0.1, 0.15) is 24.1 Å². The van der Waals surface area contributed by atoms with E-state index in [0.717, 1.165) is 23.3 Å². The summed E-state index contributed by atoms with van der Waals surface area (Å²) in [5.41, 5.74) is 3.51. The van der Waals surface area contributed by atoms with E-state index in [1.165, 1.54) is 24.0 Å². The Morgan fingerprint density at radius 1 is 1.32 bits per heavy atom. The van der Waals surface area contributed by atoms with E-state index in [2.05, 4.69) is 41.2 Å². The molecule has 0 spiro atoms. The van der Waals surface area contributed by atoms with Crippen molar-refractivity contribution in [2.45, 2.75) is 31.3 Å². The molecule has 1 aliphatic rings. The molecule has 0 unspecified atom stereocenters. The van der Waals surface area contributed by atoms with Gasteiger partial charge in [-0.15, -0.1) is 22.9 Å². The Balaban J connectivity index is 1.70. The van der Waals surface area contributed by atoms with E-state index in [1.54, 1.807) is 11.3 Å². The second kappa shape index (κ2) is 5.61. The molecule has 2 aromatic rings. The molecular weight excluding hydrogens is 276 g/mol. The van der Waals surface area contributed by atoms with Gasteiger partial charge in [-0.1, -0.05) is 24.3 Å². The maximum atomic E-state index is 5.78. The molecule has 0 aliphatic heterocycles. The van der Waals surface area contributed by atoms with Crippen LogP contribution in [-0.2, 0) is 12.4 Å². The lowest BCUT2D eigenvalue weighted by molar-refractivity contribution is 0.316. The van der Waals surface area contributed by atoms with Crippen LogP contribution in [0, 0.1) is 0 Å². The standard InChI is InChI=1S/C15H17ClN2S/c1-18(14-6-7-14)9-11-2-4-12(5-3-11)15-17-13(8-16)10-19-15/h2-5,10,14H,6-9H2,1H3. The van der Waals surface area contributed by atoms with Crippen molar-refractivity contribution < 1.29 is 0 Å². The smallest absolute Gasteiger partial charge is 0.123 e. The van der Waals surface area contributed by atoms with Crippen LogP contribution in [0.4, 0.5) is 0 Å².